The molecule has 3 aromatic rings. The number of carboxylic acid groups (broad SMARTS) is 1. The van der Waals surface area contributed by atoms with Gasteiger partial charge in [0.1, 0.15) is 35.8 Å². The lowest BCUT2D eigenvalue weighted by atomic mass is 9.98. The van der Waals surface area contributed by atoms with E-state index in [0.29, 0.717) is 17.1 Å². The number of hydrogen-bond acceptors (Lipinski definition) is 8. The molecule has 1 aliphatic rings. The zero-order valence-corrected chi connectivity index (χ0v) is 28.4. The monoisotopic (exact) mass is 660 g/mol. The van der Waals surface area contributed by atoms with Crippen LogP contribution in [0, 0.1) is 5.92 Å². The normalized spacial score (nSPS) is 13.5. The SMILES string of the molecule is COc1ccc(CN(C(=O)[C@H](CC(=O)OC(C)(C)C)NC(=O)OCC2c3ccccc3-c3ccccc32)[C@H](C(=O)O)C(C)C)c(OC)c1. The Balaban J connectivity index is 1.63. The number of esters is 1. The Morgan fingerprint density at radius 1 is 0.896 bits per heavy atom. The van der Waals surface area contributed by atoms with Crippen LogP contribution in [0.5, 0.6) is 11.5 Å². The first kappa shape index (κ1) is 35.8. The Labute approximate surface area is 281 Å². The molecule has 2 N–H and O–H groups in total. The summed E-state index contributed by atoms with van der Waals surface area (Å²) in [7, 11) is 2.95. The molecular formula is C37H44N2O9. The van der Waals surface area contributed by atoms with Crippen LogP contribution < -0.4 is 14.8 Å². The van der Waals surface area contributed by atoms with Gasteiger partial charge < -0.3 is 34.3 Å². The summed E-state index contributed by atoms with van der Waals surface area (Å²) < 4.78 is 22.0. The Kier molecular flexibility index (Phi) is 11.4. The van der Waals surface area contributed by atoms with E-state index in [1.165, 1.54) is 14.2 Å². The van der Waals surface area contributed by atoms with E-state index in [0.717, 1.165) is 27.2 Å². The van der Waals surface area contributed by atoms with Crippen molar-refractivity contribution in [3.8, 4) is 22.6 Å². The molecule has 0 spiro atoms. The van der Waals surface area contributed by atoms with Crippen LogP contribution in [0.2, 0.25) is 0 Å². The summed E-state index contributed by atoms with van der Waals surface area (Å²) in [4.78, 5) is 54.5. The number of nitrogens with zero attached hydrogens (tertiary/aromatic N) is 1. The number of alkyl carbamates (subject to hydrolysis) is 1. The Bertz CT molecular complexity index is 1600. The van der Waals surface area contributed by atoms with Crippen molar-refractivity contribution < 1.29 is 43.2 Å². The molecule has 11 heteroatoms. The Hall–Kier alpha value is -5.06. The number of methoxy groups -OCH3 is 2. The van der Waals surface area contributed by atoms with Gasteiger partial charge in [-0.2, -0.15) is 0 Å². The Morgan fingerprint density at radius 3 is 2.02 bits per heavy atom. The number of hydrogen-bond donors (Lipinski definition) is 2. The van der Waals surface area contributed by atoms with Crippen molar-refractivity contribution in [2.45, 2.75) is 71.2 Å². The average molecular weight is 661 g/mol. The van der Waals surface area contributed by atoms with Gasteiger partial charge in [-0.3, -0.25) is 9.59 Å². The number of nitrogens with one attached hydrogen (secondary N) is 1. The molecular weight excluding hydrogens is 616 g/mol. The van der Waals surface area contributed by atoms with Gasteiger partial charge in [-0.05, 0) is 61.1 Å². The van der Waals surface area contributed by atoms with Gasteiger partial charge in [-0.1, -0.05) is 62.4 Å². The molecule has 0 aliphatic heterocycles. The van der Waals surface area contributed by atoms with Gasteiger partial charge in [0.05, 0.1) is 27.2 Å². The molecule has 1 aliphatic carbocycles. The second-order valence-corrected chi connectivity index (χ2v) is 13.0. The van der Waals surface area contributed by atoms with Gasteiger partial charge in [-0.25, -0.2) is 9.59 Å². The summed E-state index contributed by atoms with van der Waals surface area (Å²) >= 11 is 0. The van der Waals surface area contributed by atoms with Crippen molar-refractivity contribution in [3.63, 3.8) is 0 Å². The van der Waals surface area contributed by atoms with Crippen LogP contribution in [0.1, 0.15) is 63.6 Å². The molecule has 0 fully saturated rings. The predicted molar refractivity (Wildman–Crippen MR) is 179 cm³/mol. The van der Waals surface area contributed by atoms with E-state index in [2.05, 4.69) is 5.32 Å². The third kappa shape index (κ3) is 8.44. The van der Waals surface area contributed by atoms with Crippen LogP contribution >= 0.6 is 0 Å². The topological polar surface area (TPSA) is 141 Å². The molecule has 0 heterocycles. The zero-order chi connectivity index (χ0) is 35.2. The third-order valence-electron chi connectivity index (χ3n) is 8.06. The van der Waals surface area contributed by atoms with E-state index in [1.54, 1.807) is 52.8 Å². The van der Waals surface area contributed by atoms with E-state index in [9.17, 15) is 24.3 Å². The first-order chi connectivity index (χ1) is 22.7. The van der Waals surface area contributed by atoms with Crippen molar-refractivity contribution in [2.75, 3.05) is 20.8 Å². The molecule has 2 atom stereocenters. The maximum absolute atomic E-state index is 14.4. The number of benzene rings is 3. The van der Waals surface area contributed by atoms with Crippen LogP contribution in [-0.4, -0.2) is 72.5 Å². The Morgan fingerprint density at radius 2 is 1.50 bits per heavy atom. The minimum Gasteiger partial charge on any atom is -0.497 e. The van der Waals surface area contributed by atoms with Gasteiger partial charge >= 0.3 is 18.0 Å². The molecule has 48 heavy (non-hydrogen) atoms. The number of amides is 2. The maximum atomic E-state index is 14.4. The molecule has 3 aromatic carbocycles. The summed E-state index contributed by atoms with van der Waals surface area (Å²) in [5.41, 5.74) is 3.75. The second-order valence-electron chi connectivity index (χ2n) is 13.0. The summed E-state index contributed by atoms with van der Waals surface area (Å²) in [6, 6.07) is 17.9. The second kappa shape index (κ2) is 15.2. The molecule has 0 bridgehead atoms. The van der Waals surface area contributed by atoms with Crippen molar-refractivity contribution in [1.82, 2.24) is 10.2 Å². The number of ether oxygens (including phenoxy) is 4. The van der Waals surface area contributed by atoms with Gasteiger partial charge in [-0.15, -0.1) is 0 Å². The van der Waals surface area contributed by atoms with Crippen molar-refractivity contribution >= 4 is 23.9 Å². The van der Waals surface area contributed by atoms with E-state index >= 15 is 0 Å². The molecule has 256 valence electrons. The van der Waals surface area contributed by atoms with Crippen molar-refractivity contribution in [3.05, 3.63) is 83.4 Å². The molecule has 0 radical (unpaired) electrons. The minimum absolute atomic E-state index is 0.0241. The van der Waals surface area contributed by atoms with Crippen molar-refractivity contribution in [2.24, 2.45) is 5.92 Å². The molecule has 0 aromatic heterocycles. The lowest BCUT2D eigenvalue weighted by molar-refractivity contribution is -0.159. The van der Waals surface area contributed by atoms with Crippen LogP contribution in [0.3, 0.4) is 0 Å². The van der Waals surface area contributed by atoms with E-state index < -0.39 is 54.0 Å². The fraction of sp³-hybridized carbons (Fsp3) is 0.405. The number of aliphatic carboxylic acids is 1. The number of carboxylic acids is 1. The van der Waals surface area contributed by atoms with Crippen molar-refractivity contribution in [1.29, 1.82) is 0 Å². The quantitative estimate of drug-likeness (QED) is 0.218. The third-order valence-corrected chi connectivity index (χ3v) is 8.06. The van der Waals surface area contributed by atoms with Gasteiger partial charge in [0.15, 0.2) is 0 Å². The highest BCUT2D eigenvalue weighted by Crippen LogP contribution is 2.44. The standard InChI is InChI=1S/C37H44N2O9/c1-22(2)33(35(42)43)39(20-23-16-17-24(45-6)18-31(23)46-7)34(41)30(19-32(40)48-37(3,4)5)38-36(44)47-21-29-27-14-10-8-12-25(27)26-13-9-11-15-28(26)29/h8-18,22,29-30,33H,19-21H2,1-7H3,(H,38,44)(H,42,43)/t30-,33-/m0/s1. The number of carbonyl (C=O) groups is 4. The molecule has 0 saturated heterocycles. The molecule has 2 amide bonds. The molecule has 0 saturated carbocycles. The molecule has 4 rings (SSSR count). The largest absolute Gasteiger partial charge is 0.497 e. The highest BCUT2D eigenvalue weighted by molar-refractivity contribution is 5.92. The fourth-order valence-corrected chi connectivity index (χ4v) is 5.99. The first-order valence-corrected chi connectivity index (χ1v) is 15.8. The van der Waals surface area contributed by atoms with Crippen LogP contribution in [0.25, 0.3) is 11.1 Å². The maximum Gasteiger partial charge on any atom is 0.407 e. The summed E-state index contributed by atoms with van der Waals surface area (Å²) in [5.74, 6) is -2.69. The number of carbonyl (C=O) groups excluding carboxylic acids is 3. The molecule has 11 nitrogen and oxygen atoms in total. The highest BCUT2D eigenvalue weighted by atomic mass is 16.6. The molecule has 0 unspecified atom stereocenters. The van der Waals surface area contributed by atoms with E-state index in [4.69, 9.17) is 18.9 Å². The average Bonchev–Trinajstić information content (AvgIpc) is 3.35. The summed E-state index contributed by atoms with van der Waals surface area (Å²) in [6.45, 7) is 8.17. The highest BCUT2D eigenvalue weighted by Gasteiger charge is 2.39. The smallest absolute Gasteiger partial charge is 0.407 e. The number of rotatable bonds is 13. The predicted octanol–water partition coefficient (Wildman–Crippen LogP) is 5.78. The first-order valence-electron chi connectivity index (χ1n) is 15.8. The summed E-state index contributed by atoms with van der Waals surface area (Å²) in [5, 5.41) is 12.8. The minimum atomic E-state index is -1.50. The van der Waals surface area contributed by atoms with Crippen LogP contribution in [0.15, 0.2) is 66.7 Å². The van der Waals surface area contributed by atoms with Gasteiger partial charge in [0, 0.05) is 17.5 Å². The van der Waals surface area contributed by atoms with Gasteiger partial charge in [0.25, 0.3) is 0 Å². The summed E-state index contributed by atoms with van der Waals surface area (Å²) in [6.07, 6.45) is -1.49. The van der Waals surface area contributed by atoms with E-state index in [1.807, 2.05) is 48.5 Å². The van der Waals surface area contributed by atoms with E-state index in [-0.39, 0.29) is 19.1 Å². The van der Waals surface area contributed by atoms with Crippen LogP contribution in [-0.2, 0) is 30.4 Å². The fourth-order valence-electron chi connectivity index (χ4n) is 5.99. The lowest BCUT2D eigenvalue weighted by Gasteiger charge is -2.34. The zero-order valence-electron chi connectivity index (χ0n) is 28.4. The number of fused-ring (bicyclic) bond motifs is 3. The lowest BCUT2D eigenvalue weighted by Crippen LogP contribution is -2.56. The van der Waals surface area contributed by atoms with Crippen LogP contribution in [0.4, 0.5) is 4.79 Å². The van der Waals surface area contributed by atoms with Gasteiger partial charge in [0.2, 0.25) is 5.91 Å².